The molecule has 2 rings (SSSR count). The van der Waals surface area contributed by atoms with Crippen LogP contribution in [0.15, 0.2) is 40.9 Å². The highest BCUT2D eigenvalue weighted by Gasteiger charge is 2.03. The van der Waals surface area contributed by atoms with Gasteiger partial charge in [0.2, 0.25) is 0 Å². The minimum absolute atomic E-state index is 0.318. The van der Waals surface area contributed by atoms with Crippen molar-refractivity contribution in [3.05, 3.63) is 63.1 Å². The van der Waals surface area contributed by atoms with Gasteiger partial charge in [0.1, 0.15) is 11.6 Å². The highest BCUT2D eigenvalue weighted by atomic mass is 79.9. The van der Waals surface area contributed by atoms with Gasteiger partial charge in [0.15, 0.2) is 0 Å². The first kappa shape index (κ1) is 13.3. The average molecular weight is 333 g/mol. The van der Waals surface area contributed by atoms with E-state index in [9.17, 15) is 8.78 Å². The molecule has 94 valence electrons. The summed E-state index contributed by atoms with van der Waals surface area (Å²) in [5.41, 5.74) is 1.45. The summed E-state index contributed by atoms with van der Waals surface area (Å²) >= 11 is 9.00. The molecule has 0 atom stereocenters. The number of nitrogens with one attached hydrogen (secondary N) is 1. The molecule has 1 N–H and O–H groups in total. The van der Waals surface area contributed by atoms with Gasteiger partial charge >= 0.3 is 0 Å². The van der Waals surface area contributed by atoms with Gasteiger partial charge in [-0.15, -0.1) is 0 Å². The molecule has 0 aromatic heterocycles. The van der Waals surface area contributed by atoms with Crippen LogP contribution in [0.4, 0.5) is 14.5 Å². The summed E-state index contributed by atoms with van der Waals surface area (Å²) in [7, 11) is 0. The van der Waals surface area contributed by atoms with Gasteiger partial charge in [-0.3, -0.25) is 0 Å². The van der Waals surface area contributed by atoms with Gasteiger partial charge in [-0.1, -0.05) is 11.6 Å². The number of hydrogen-bond acceptors (Lipinski definition) is 1. The van der Waals surface area contributed by atoms with Crippen LogP contribution in [0.2, 0.25) is 5.02 Å². The Morgan fingerprint density at radius 1 is 1.06 bits per heavy atom. The predicted octanol–water partition coefficient (Wildman–Crippen LogP) is 4.99. The fourth-order valence-electron chi connectivity index (χ4n) is 1.54. The molecule has 0 unspecified atom stereocenters. The lowest BCUT2D eigenvalue weighted by Crippen LogP contribution is -2.00. The van der Waals surface area contributed by atoms with Crippen LogP contribution in [0.3, 0.4) is 0 Å². The molecule has 0 bridgehead atoms. The molecule has 0 radical (unpaired) electrons. The fourth-order valence-corrected chi connectivity index (χ4v) is 2.28. The second kappa shape index (κ2) is 5.67. The molecule has 0 aliphatic heterocycles. The molecule has 18 heavy (non-hydrogen) atoms. The van der Waals surface area contributed by atoms with E-state index in [0.717, 1.165) is 11.3 Å². The molecule has 0 aliphatic rings. The maximum atomic E-state index is 13.1. The van der Waals surface area contributed by atoms with Gasteiger partial charge in [-0.05, 0) is 57.9 Å². The van der Waals surface area contributed by atoms with E-state index in [4.69, 9.17) is 11.6 Å². The maximum absolute atomic E-state index is 13.1. The quantitative estimate of drug-likeness (QED) is 0.834. The monoisotopic (exact) mass is 331 g/mol. The van der Waals surface area contributed by atoms with E-state index < -0.39 is 0 Å². The molecule has 0 heterocycles. The highest BCUT2D eigenvalue weighted by molar-refractivity contribution is 9.10. The lowest BCUT2D eigenvalue weighted by Gasteiger charge is -2.09. The standard InChI is InChI=1S/C13H9BrClF2N/c14-12-6-10(16)1-2-13(12)18-7-8-3-9(15)5-11(17)4-8/h1-6,18H,7H2. The number of benzene rings is 2. The topological polar surface area (TPSA) is 12.0 Å². The Morgan fingerprint density at radius 2 is 1.83 bits per heavy atom. The third kappa shape index (κ3) is 3.43. The van der Waals surface area contributed by atoms with Crippen molar-refractivity contribution in [1.82, 2.24) is 0 Å². The second-order valence-corrected chi connectivity index (χ2v) is 5.05. The Bertz CT molecular complexity index is 555. The minimum atomic E-state index is -0.377. The summed E-state index contributed by atoms with van der Waals surface area (Å²) in [6.07, 6.45) is 0. The van der Waals surface area contributed by atoms with E-state index in [1.165, 1.54) is 24.3 Å². The largest absolute Gasteiger partial charge is 0.380 e. The summed E-state index contributed by atoms with van der Waals surface area (Å²) in [6.45, 7) is 0.404. The lowest BCUT2D eigenvalue weighted by atomic mass is 10.2. The van der Waals surface area contributed by atoms with Crippen molar-refractivity contribution in [1.29, 1.82) is 0 Å². The Balaban J connectivity index is 2.11. The summed E-state index contributed by atoms with van der Waals surface area (Å²) in [5, 5.41) is 3.42. The van der Waals surface area contributed by atoms with Crippen molar-refractivity contribution in [2.75, 3.05) is 5.32 Å². The zero-order valence-corrected chi connectivity index (χ0v) is 11.5. The molecular weight excluding hydrogens is 324 g/mol. The van der Waals surface area contributed by atoms with Crippen LogP contribution in [-0.2, 0) is 6.54 Å². The fraction of sp³-hybridized carbons (Fsp3) is 0.0769. The van der Waals surface area contributed by atoms with Gasteiger partial charge < -0.3 is 5.32 Å². The normalized spacial score (nSPS) is 10.4. The number of hydrogen-bond donors (Lipinski definition) is 1. The molecule has 0 saturated carbocycles. The maximum Gasteiger partial charge on any atom is 0.125 e. The smallest absolute Gasteiger partial charge is 0.125 e. The van der Waals surface area contributed by atoms with E-state index >= 15 is 0 Å². The van der Waals surface area contributed by atoms with Crippen molar-refractivity contribution >= 4 is 33.2 Å². The molecule has 2 aromatic rings. The van der Waals surface area contributed by atoms with Gasteiger partial charge in [0, 0.05) is 21.7 Å². The molecule has 2 aromatic carbocycles. The van der Waals surface area contributed by atoms with Crippen LogP contribution in [0.25, 0.3) is 0 Å². The molecule has 0 saturated heterocycles. The summed E-state index contributed by atoms with van der Waals surface area (Å²) in [4.78, 5) is 0. The molecule has 0 aliphatic carbocycles. The van der Waals surface area contributed by atoms with Crippen molar-refractivity contribution in [3.63, 3.8) is 0 Å². The van der Waals surface area contributed by atoms with Crippen LogP contribution >= 0.6 is 27.5 Å². The van der Waals surface area contributed by atoms with Gasteiger partial charge in [-0.2, -0.15) is 0 Å². The number of rotatable bonds is 3. The number of anilines is 1. The molecule has 0 fully saturated rings. The highest BCUT2D eigenvalue weighted by Crippen LogP contribution is 2.24. The third-order valence-electron chi connectivity index (χ3n) is 2.34. The van der Waals surface area contributed by atoms with Crippen LogP contribution in [0, 0.1) is 11.6 Å². The SMILES string of the molecule is Fc1cc(Cl)cc(CNc2ccc(F)cc2Br)c1. The van der Waals surface area contributed by atoms with Crippen molar-refractivity contribution < 1.29 is 8.78 Å². The van der Waals surface area contributed by atoms with E-state index in [2.05, 4.69) is 21.2 Å². The zero-order chi connectivity index (χ0) is 13.1. The van der Waals surface area contributed by atoms with E-state index in [0.29, 0.717) is 16.0 Å². The third-order valence-corrected chi connectivity index (χ3v) is 3.21. The summed E-state index contributed by atoms with van der Waals surface area (Å²) < 4.78 is 26.6. The van der Waals surface area contributed by atoms with E-state index in [-0.39, 0.29) is 11.6 Å². The minimum Gasteiger partial charge on any atom is -0.380 e. The Kier molecular flexibility index (Phi) is 4.19. The van der Waals surface area contributed by atoms with Crippen molar-refractivity contribution in [3.8, 4) is 0 Å². The first-order valence-electron chi connectivity index (χ1n) is 5.18. The van der Waals surface area contributed by atoms with Crippen molar-refractivity contribution in [2.45, 2.75) is 6.54 Å². The van der Waals surface area contributed by atoms with Crippen molar-refractivity contribution in [2.24, 2.45) is 0 Å². The van der Waals surface area contributed by atoms with Crippen LogP contribution in [0.1, 0.15) is 5.56 Å². The summed E-state index contributed by atoms with van der Waals surface area (Å²) in [5.74, 6) is -0.696. The first-order chi connectivity index (χ1) is 8.54. The Morgan fingerprint density at radius 3 is 2.50 bits per heavy atom. The molecule has 1 nitrogen and oxygen atoms in total. The van der Waals surface area contributed by atoms with E-state index in [1.54, 1.807) is 12.1 Å². The molecular formula is C13H9BrClF2N. The average Bonchev–Trinajstić information content (AvgIpc) is 2.26. The molecule has 0 spiro atoms. The van der Waals surface area contributed by atoms with Crippen LogP contribution in [0.5, 0.6) is 0 Å². The van der Waals surface area contributed by atoms with Gasteiger partial charge in [0.05, 0.1) is 0 Å². The predicted molar refractivity (Wildman–Crippen MR) is 72.8 cm³/mol. The van der Waals surface area contributed by atoms with Gasteiger partial charge in [-0.25, -0.2) is 8.78 Å². The van der Waals surface area contributed by atoms with Crippen LogP contribution < -0.4 is 5.32 Å². The molecule has 0 amide bonds. The van der Waals surface area contributed by atoms with E-state index in [1.807, 2.05) is 0 Å². The lowest BCUT2D eigenvalue weighted by molar-refractivity contribution is 0.626. The Hall–Kier alpha value is -1.13. The summed E-state index contributed by atoms with van der Waals surface area (Å²) in [6, 6.07) is 8.65. The zero-order valence-electron chi connectivity index (χ0n) is 9.18. The first-order valence-corrected chi connectivity index (χ1v) is 6.35. The second-order valence-electron chi connectivity index (χ2n) is 3.76. The molecule has 5 heteroatoms. The van der Waals surface area contributed by atoms with Crippen LogP contribution in [-0.4, -0.2) is 0 Å². The van der Waals surface area contributed by atoms with Gasteiger partial charge in [0.25, 0.3) is 0 Å². The Labute approximate surface area is 117 Å². The number of halogens is 4.